The fraction of sp³-hybridized carbons (Fsp3) is 0.250. The van der Waals surface area contributed by atoms with Crippen LogP contribution in [-0.4, -0.2) is 38.2 Å². The molecule has 0 aliphatic carbocycles. The van der Waals surface area contributed by atoms with E-state index in [0.717, 1.165) is 16.7 Å². The summed E-state index contributed by atoms with van der Waals surface area (Å²) in [6.07, 6.45) is -0.830. The number of nitrogens with one attached hydrogen (secondary N) is 3. The van der Waals surface area contributed by atoms with Gasteiger partial charge in [0.1, 0.15) is 17.2 Å². The molecular weight excluding hydrogens is 468 g/mol. The Morgan fingerprint density at radius 1 is 0.838 bits per heavy atom. The second-order valence-corrected chi connectivity index (χ2v) is 9.57. The minimum Gasteiger partial charge on any atom is -0.444 e. The van der Waals surface area contributed by atoms with Gasteiger partial charge in [-0.15, -0.1) is 10.2 Å². The highest BCUT2D eigenvalue weighted by Crippen LogP contribution is 2.37. The molecule has 0 aliphatic rings. The first kappa shape index (κ1) is 25.6. The summed E-state index contributed by atoms with van der Waals surface area (Å²) in [6.45, 7) is 5.28. The maximum absolute atomic E-state index is 13.8. The number of H-pyrrole nitrogens is 1. The van der Waals surface area contributed by atoms with Crippen molar-refractivity contribution < 1.29 is 14.3 Å². The molecule has 1 atom stereocenters. The number of alkyl carbamates (subject to hydrolysis) is 1. The van der Waals surface area contributed by atoms with Gasteiger partial charge in [-0.25, -0.2) is 4.79 Å². The summed E-state index contributed by atoms with van der Waals surface area (Å²) < 4.78 is 5.39. The van der Waals surface area contributed by atoms with E-state index in [0.29, 0.717) is 0 Å². The Hall–Kier alpha value is -4.53. The predicted octanol–water partition coefficient (Wildman–Crippen LogP) is 4.26. The van der Waals surface area contributed by atoms with Gasteiger partial charge >= 0.3 is 6.09 Å². The Morgan fingerprint density at radius 3 is 1.73 bits per heavy atom. The first-order valence-corrected chi connectivity index (χ1v) is 12.0. The van der Waals surface area contributed by atoms with Crippen LogP contribution < -0.4 is 10.6 Å². The molecule has 3 aromatic carbocycles. The van der Waals surface area contributed by atoms with Crippen molar-refractivity contribution >= 4 is 12.0 Å². The molecular formula is C28H30N6O3. The standard InChI is InChI=1S/C28H30N6O3/c1-27(2,3)37-26(36)29-23(25-31-33-34-32-25)19-24(35)30-28(20-13-7-4-8-14-20,21-15-9-5-10-16-21)22-17-11-6-12-18-22/h4-18,23H,19H2,1-3H3,(H,29,36)(H,30,35)(H,31,32,33,34)/t23-/m1/s1. The maximum Gasteiger partial charge on any atom is 0.408 e. The van der Waals surface area contributed by atoms with Crippen molar-refractivity contribution in [1.82, 2.24) is 31.3 Å². The van der Waals surface area contributed by atoms with Crippen LogP contribution in [0, 0.1) is 0 Å². The third-order valence-electron chi connectivity index (χ3n) is 5.70. The van der Waals surface area contributed by atoms with Crippen molar-refractivity contribution in [1.29, 1.82) is 0 Å². The lowest BCUT2D eigenvalue weighted by Crippen LogP contribution is -2.49. The summed E-state index contributed by atoms with van der Waals surface area (Å²) in [4.78, 5) is 26.3. The van der Waals surface area contributed by atoms with Crippen molar-refractivity contribution in [3.05, 3.63) is 114 Å². The highest BCUT2D eigenvalue weighted by Gasteiger charge is 2.38. The molecule has 0 unspecified atom stereocenters. The molecule has 0 saturated carbocycles. The fourth-order valence-corrected chi connectivity index (χ4v) is 4.20. The third-order valence-corrected chi connectivity index (χ3v) is 5.70. The van der Waals surface area contributed by atoms with E-state index in [1.807, 2.05) is 91.0 Å². The molecule has 4 rings (SSSR count). The third kappa shape index (κ3) is 6.19. The van der Waals surface area contributed by atoms with Gasteiger partial charge in [0.05, 0.1) is 6.42 Å². The van der Waals surface area contributed by atoms with Gasteiger partial charge < -0.3 is 15.4 Å². The monoisotopic (exact) mass is 498 g/mol. The Labute approximate surface area is 215 Å². The predicted molar refractivity (Wildman–Crippen MR) is 138 cm³/mol. The average Bonchev–Trinajstić information content (AvgIpc) is 3.43. The van der Waals surface area contributed by atoms with Crippen molar-refractivity contribution in [2.75, 3.05) is 0 Å². The van der Waals surface area contributed by atoms with Gasteiger partial charge in [0.25, 0.3) is 0 Å². The molecule has 0 fully saturated rings. The van der Waals surface area contributed by atoms with Crippen LogP contribution in [0.15, 0.2) is 91.0 Å². The van der Waals surface area contributed by atoms with Crippen molar-refractivity contribution in [2.24, 2.45) is 0 Å². The van der Waals surface area contributed by atoms with Crippen LogP contribution in [0.25, 0.3) is 0 Å². The molecule has 9 nitrogen and oxygen atoms in total. The molecule has 37 heavy (non-hydrogen) atoms. The molecule has 1 aromatic heterocycles. The number of nitrogens with zero attached hydrogens (tertiary/aromatic N) is 3. The topological polar surface area (TPSA) is 122 Å². The first-order valence-electron chi connectivity index (χ1n) is 12.0. The molecule has 0 saturated heterocycles. The van der Waals surface area contributed by atoms with E-state index < -0.39 is 23.3 Å². The summed E-state index contributed by atoms with van der Waals surface area (Å²) in [5.74, 6) is -0.159. The van der Waals surface area contributed by atoms with Crippen LogP contribution >= 0.6 is 0 Å². The Balaban J connectivity index is 1.72. The summed E-state index contributed by atoms with van der Waals surface area (Å²) in [5.41, 5.74) is 0.956. The number of aromatic amines is 1. The van der Waals surface area contributed by atoms with Gasteiger partial charge in [-0.05, 0) is 37.5 Å². The molecule has 9 heteroatoms. The number of carbonyl (C=O) groups is 2. The number of rotatable bonds is 8. The first-order chi connectivity index (χ1) is 17.8. The van der Waals surface area contributed by atoms with E-state index in [4.69, 9.17) is 4.74 Å². The lowest BCUT2D eigenvalue weighted by Gasteiger charge is -2.37. The number of hydrogen-bond acceptors (Lipinski definition) is 6. The van der Waals surface area contributed by atoms with E-state index >= 15 is 0 Å². The van der Waals surface area contributed by atoms with Crippen LogP contribution in [0.4, 0.5) is 4.79 Å². The van der Waals surface area contributed by atoms with Crippen LogP contribution in [-0.2, 0) is 15.1 Å². The lowest BCUT2D eigenvalue weighted by atomic mass is 9.77. The zero-order valence-corrected chi connectivity index (χ0v) is 21.0. The quantitative estimate of drug-likeness (QED) is 0.312. The van der Waals surface area contributed by atoms with Crippen molar-refractivity contribution in [3.63, 3.8) is 0 Å². The van der Waals surface area contributed by atoms with Gasteiger partial charge in [0, 0.05) is 0 Å². The molecule has 1 heterocycles. The Morgan fingerprint density at radius 2 is 1.32 bits per heavy atom. The highest BCUT2D eigenvalue weighted by atomic mass is 16.6. The number of ether oxygens (including phenoxy) is 1. The Kier molecular flexibility index (Phi) is 7.62. The second-order valence-electron chi connectivity index (χ2n) is 9.57. The largest absolute Gasteiger partial charge is 0.444 e. The molecule has 4 aromatic rings. The van der Waals surface area contributed by atoms with Crippen LogP contribution in [0.5, 0.6) is 0 Å². The minimum atomic E-state index is -0.991. The Bertz CT molecular complexity index is 1190. The molecule has 3 N–H and O–H groups in total. The number of carbonyl (C=O) groups excluding carboxylic acids is 2. The molecule has 190 valence electrons. The van der Waals surface area contributed by atoms with Gasteiger partial charge in [-0.3, -0.25) is 4.79 Å². The second kappa shape index (κ2) is 11.0. The molecule has 0 radical (unpaired) electrons. The van der Waals surface area contributed by atoms with Crippen molar-refractivity contribution in [3.8, 4) is 0 Å². The minimum absolute atomic E-state index is 0.146. The number of amides is 2. The highest BCUT2D eigenvalue weighted by molar-refractivity contribution is 5.80. The van der Waals surface area contributed by atoms with Gasteiger partial charge in [-0.1, -0.05) is 96.2 Å². The SMILES string of the molecule is CC(C)(C)OC(=O)N[C@H](CC(=O)NC(c1ccccc1)(c1ccccc1)c1ccccc1)c1nn[nH]n1. The maximum atomic E-state index is 13.8. The number of benzene rings is 3. The average molecular weight is 499 g/mol. The van der Waals surface area contributed by atoms with E-state index in [2.05, 4.69) is 31.3 Å². The van der Waals surface area contributed by atoms with E-state index in [1.165, 1.54) is 0 Å². The summed E-state index contributed by atoms with van der Waals surface area (Å²) in [6, 6.07) is 28.5. The summed E-state index contributed by atoms with van der Waals surface area (Å²) in [7, 11) is 0. The molecule has 0 bridgehead atoms. The van der Waals surface area contributed by atoms with Crippen molar-refractivity contribution in [2.45, 2.75) is 44.4 Å². The molecule has 0 spiro atoms. The zero-order chi connectivity index (χ0) is 26.3. The molecule has 2 amide bonds. The van der Waals surface area contributed by atoms with Gasteiger partial charge in [-0.2, -0.15) is 5.21 Å². The van der Waals surface area contributed by atoms with Gasteiger partial charge in [0.2, 0.25) is 5.91 Å². The zero-order valence-electron chi connectivity index (χ0n) is 21.0. The number of hydrogen-bond donors (Lipinski definition) is 3. The van der Waals surface area contributed by atoms with E-state index in [-0.39, 0.29) is 18.2 Å². The van der Waals surface area contributed by atoms with Crippen LogP contribution in [0.1, 0.15) is 55.7 Å². The summed E-state index contributed by atoms with van der Waals surface area (Å²) >= 11 is 0. The van der Waals surface area contributed by atoms with E-state index in [9.17, 15) is 9.59 Å². The fourth-order valence-electron chi connectivity index (χ4n) is 4.20. The number of tetrazole rings is 1. The normalized spacial score (nSPS) is 12.4. The van der Waals surface area contributed by atoms with Crippen LogP contribution in [0.3, 0.4) is 0 Å². The smallest absolute Gasteiger partial charge is 0.408 e. The van der Waals surface area contributed by atoms with Gasteiger partial charge in [0.15, 0.2) is 5.82 Å². The lowest BCUT2D eigenvalue weighted by molar-refractivity contribution is -0.122. The summed E-state index contributed by atoms with van der Waals surface area (Å²) in [5, 5.41) is 19.9. The molecule has 0 aliphatic heterocycles. The number of aromatic nitrogens is 4. The van der Waals surface area contributed by atoms with Crippen LogP contribution in [0.2, 0.25) is 0 Å². The van der Waals surface area contributed by atoms with E-state index in [1.54, 1.807) is 20.8 Å².